The number of halogens is 1. The molecule has 0 bridgehead atoms. The van der Waals surface area contributed by atoms with Crippen LogP contribution in [-0.2, 0) is 4.79 Å². The second kappa shape index (κ2) is 5.99. The molecule has 0 saturated carbocycles. The average molecular weight is 314 g/mol. The highest BCUT2D eigenvalue weighted by Crippen LogP contribution is 2.28. The van der Waals surface area contributed by atoms with Crippen molar-refractivity contribution in [2.45, 2.75) is 6.42 Å². The van der Waals surface area contributed by atoms with E-state index in [1.54, 1.807) is 48.5 Å². The van der Waals surface area contributed by atoms with Gasteiger partial charge in [-0.1, -0.05) is 41.9 Å². The number of nitrogens with zero attached hydrogens (tertiary/aromatic N) is 2. The van der Waals surface area contributed by atoms with Crippen LogP contribution in [0.3, 0.4) is 0 Å². The van der Waals surface area contributed by atoms with E-state index in [-0.39, 0.29) is 18.2 Å². The van der Waals surface area contributed by atoms with E-state index in [4.69, 9.17) is 11.6 Å². The van der Waals surface area contributed by atoms with Gasteiger partial charge in [-0.2, -0.15) is 10.1 Å². The normalized spacial score (nSPS) is 14.0. The Hall–Kier alpha value is -2.66. The molecule has 0 aliphatic carbocycles. The molecule has 22 heavy (non-hydrogen) atoms. The quantitative estimate of drug-likeness (QED) is 0.926. The number of hydrogen-bond donors (Lipinski definition) is 1. The van der Waals surface area contributed by atoms with E-state index in [2.05, 4.69) is 10.4 Å². The number of para-hydroxylation sites is 1. The third-order valence-corrected chi connectivity index (χ3v) is 3.47. The van der Waals surface area contributed by atoms with E-state index in [0.717, 1.165) is 0 Å². The fourth-order valence-corrected chi connectivity index (χ4v) is 2.32. The SMILES string of the molecule is O=C(NC1=NN(c2ccccc2Cl)C(=O)C1)c1ccccc1. The van der Waals surface area contributed by atoms with Gasteiger partial charge in [-0.05, 0) is 24.3 Å². The molecule has 1 aliphatic heterocycles. The van der Waals surface area contributed by atoms with E-state index >= 15 is 0 Å². The number of hydrazone groups is 1. The third kappa shape index (κ3) is 2.84. The first-order chi connectivity index (χ1) is 10.6. The monoisotopic (exact) mass is 313 g/mol. The molecule has 1 N–H and O–H groups in total. The highest BCUT2D eigenvalue weighted by atomic mass is 35.5. The van der Waals surface area contributed by atoms with Gasteiger partial charge in [-0.15, -0.1) is 0 Å². The van der Waals surface area contributed by atoms with Crippen LogP contribution < -0.4 is 10.3 Å². The number of nitrogens with one attached hydrogen (secondary N) is 1. The second-order valence-electron chi connectivity index (χ2n) is 4.70. The van der Waals surface area contributed by atoms with Gasteiger partial charge >= 0.3 is 0 Å². The maximum absolute atomic E-state index is 12.1. The molecule has 0 unspecified atom stereocenters. The van der Waals surface area contributed by atoms with Gasteiger partial charge in [0.2, 0.25) is 0 Å². The first-order valence-electron chi connectivity index (χ1n) is 6.66. The Bertz CT molecular complexity index is 759. The number of carbonyl (C=O) groups excluding carboxylic acids is 2. The van der Waals surface area contributed by atoms with Crippen molar-refractivity contribution >= 4 is 34.9 Å². The van der Waals surface area contributed by atoms with Crippen molar-refractivity contribution in [2.75, 3.05) is 5.01 Å². The lowest BCUT2D eigenvalue weighted by atomic mass is 10.2. The Morgan fingerprint density at radius 3 is 2.50 bits per heavy atom. The van der Waals surface area contributed by atoms with Crippen molar-refractivity contribution in [3.8, 4) is 0 Å². The topological polar surface area (TPSA) is 61.8 Å². The number of amides is 2. The molecule has 6 heteroatoms. The molecule has 0 atom stereocenters. The van der Waals surface area contributed by atoms with Crippen molar-refractivity contribution in [3.05, 3.63) is 65.2 Å². The molecular formula is C16H12ClN3O2. The lowest BCUT2D eigenvalue weighted by Gasteiger charge is -2.12. The van der Waals surface area contributed by atoms with Gasteiger partial charge in [0.05, 0.1) is 17.1 Å². The smallest absolute Gasteiger partial charge is 0.256 e. The maximum Gasteiger partial charge on any atom is 0.256 e. The number of rotatable bonds is 2. The van der Waals surface area contributed by atoms with E-state index in [1.165, 1.54) is 5.01 Å². The number of benzene rings is 2. The Kier molecular flexibility index (Phi) is 3.89. The third-order valence-electron chi connectivity index (χ3n) is 3.15. The Balaban J connectivity index is 1.79. The molecule has 0 spiro atoms. The van der Waals surface area contributed by atoms with E-state index in [0.29, 0.717) is 22.1 Å². The summed E-state index contributed by atoms with van der Waals surface area (Å²) in [7, 11) is 0. The van der Waals surface area contributed by atoms with E-state index in [1.807, 2.05) is 6.07 Å². The van der Waals surface area contributed by atoms with Gasteiger partial charge in [-0.3, -0.25) is 9.59 Å². The lowest BCUT2D eigenvalue weighted by molar-refractivity contribution is -0.116. The minimum Gasteiger partial charge on any atom is -0.308 e. The maximum atomic E-state index is 12.1. The highest BCUT2D eigenvalue weighted by Gasteiger charge is 2.27. The van der Waals surface area contributed by atoms with Crippen molar-refractivity contribution in [1.82, 2.24) is 5.32 Å². The summed E-state index contributed by atoms with van der Waals surface area (Å²) in [6.45, 7) is 0. The summed E-state index contributed by atoms with van der Waals surface area (Å²) in [6.07, 6.45) is 0.0315. The minimum absolute atomic E-state index is 0.0315. The Morgan fingerprint density at radius 2 is 1.77 bits per heavy atom. The van der Waals surface area contributed by atoms with Crippen molar-refractivity contribution < 1.29 is 9.59 Å². The molecule has 0 fully saturated rings. The van der Waals surface area contributed by atoms with Crippen molar-refractivity contribution in [1.29, 1.82) is 0 Å². The van der Waals surface area contributed by atoms with Gasteiger partial charge < -0.3 is 5.32 Å². The summed E-state index contributed by atoms with van der Waals surface area (Å²) in [5.41, 5.74) is 1.01. The molecule has 3 rings (SSSR count). The van der Waals surface area contributed by atoms with Crippen LogP contribution in [0.1, 0.15) is 16.8 Å². The van der Waals surface area contributed by atoms with Crippen LogP contribution in [-0.4, -0.2) is 17.6 Å². The fourth-order valence-electron chi connectivity index (χ4n) is 2.10. The average Bonchev–Trinajstić information content (AvgIpc) is 2.89. The van der Waals surface area contributed by atoms with Crippen LogP contribution in [0.15, 0.2) is 59.7 Å². The summed E-state index contributed by atoms with van der Waals surface area (Å²) < 4.78 is 0. The minimum atomic E-state index is -0.298. The molecule has 1 heterocycles. The van der Waals surface area contributed by atoms with Crippen molar-refractivity contribution in [3.63, 3.8) is 0 Å². The molecule has 2 amide bonds. The summed E-state index contributed by atoms with van der Waals surface area (Å²) in [5.74, 6) is -0.233. The largest absolute Gasteiger partial charge is 0.308 e. The summed E-state index contributed by atoms with van der Waals surface area (Å²) >= 11 is 6.07. The molecule has 2 aromatic carbocycles. The molecule has 0 radical (unpaired) electrons. The molecule has 5 nitrogen and oxygen atoms in total. The lowest BCUT2D eigenvalue weighted by Crippen LogP contribution is -2.29. The van der Waals surface area contributed by atoms with Crippen LogP contribution in [0.5, 0.6) is 0 Å². The van der Waals surface area contributed by atoms with Gasteiger partial charge in [0, 0.05) is 5.56 Å². The van der Waals surface area contributed by atoms with Gasteiger partial charge in [0.15, 0.2) is 0 Å². The highest BCUT2D eigenvalue weighted by molar-refractivity contribution is 6.34. The van der Waals surface area contributed by atoms with Gasteiger partial charge in [0.1, 0.15) is 5.84 Å². The van der Waals surface area contributed by atoms with Crippen LogP contribution in [0.25, 0.3) is 0 Å². The molecule has 0 saturated heterocycles. The van der Waals surface area contributed by atoms with Crippen LogP contribution in [0.4, 0.5) is 5.69 Å². The molecule has 2 aromatic rings. The predicted octanol–water partition coefficient (Wildman–Crippen LogP) is 2.82. The molecule has 0 aromatic heterocycles. The second-order valence-corrected chi connectivity index (χ2v) is 5.11. The van der Waals surface area contributed by atoms with E-state index < -0.39 is 0 Å². The van der Waals surface area contributed by atoms with E-state index in [9.17, 15) is 9.59 Å². The van der Waals surface area contributed by atoms with Gasteiger partial charge in [-0.25, -0.2) is 0 Å². The number of hydrogen-bond acceptors (Lipinski definition) is 3. The standard InChI is InChI=1S/C16H12ClN3O2/c17-12-8-4-5-9-13(12)20-15(21)10-14(19-20)18-16(22)11-6-2-1-3-7-11/h1-9H,10H2,(H,18,19,22). The number of anilines is 1. The summed E-state index contributed by atoms with van der Waals surface area (Å²) in [6, 6.07) is 15.7. The molecular weight excluding hydrogens is 302 g/mol. The van der Waals surface area contributed by atoms with Crippen molar-refractivity contribution in [2.24, 2.45) is 5.10 Å². The Labute approximate surface area is 132 Å². The number of amidine groups is 1. The zero-order chi connectivity index (χ0) is 15.5. The van der Waals surface area contributed by atoms with Crippen LogP contribution in [0.2, 0.25) is 5.02 Å². The fraction of sp³-hybridized carbons (Fsp3) is 0.0625. The molecule has 1 aliphatic rings. The summed E-state index contributed by atoms with van der Waals surface area (Å²) in [4.78, 5) is 24.1. The van der Waals surface area contributed by atoms with Crippen LogP contribution >= 0.6 is 11.6 Å². The Morgan fingerprint density at radius 1 is 1.09 bits per heavy atom. The first kappa shape index (κ1) is 14.3. The zero-order valence-corrected chi connectivity index (χ0v) is 12.2. The zero-order valence-electron chi connectivity index (χ0n) is 11.5. The van der Waals surface area contributed by atoms with Gasteiger partial charge in [0.25, 0.3) is 11.8 Å². The first-order valence-corrected chi connectivity index (χ1v) is 7.04. The predicted molar refractivity (Wildman–Crippen MR) is 84.9 cm³/mol. The number of carbonyl (C=O) groups is 2. The summed E-state index contributed by atoms with van der Waals surface area (Å²) in [5, 5.41) is 8.44. The molecule has 110 valence electrons. The van der Waals surface area contributed by atoms with Crippen LogP contribution in [0, 0.1) is 0 Å².